The molecule has 0 aromatic heterocycles. The summed E-state index contributed by atoms with van der Waals surface area (Å²) < 4.78 is 0. The van der Waals surface area contributed by atoms with Gasteiger partial charge in [-0.25, -0.2) is 0 Å². The summed E-state index contributed by atoms with van der Waals surface area (Å²) in [4.78, 5) is 10.4. The van der Waals surface area contributed by atoms with Gasteiger partial charge in [0.05, 0.1) is 0 Å². The average molecular weight is 227 g/mol. The van der Waals surface area contributed by atoms with Crippen LogP contribution in [0.4, 0.5) is 0 Å². The minimum Gasteiger partial charge on any atom is -0.481 e. The van der Waals surface area contributed by atoms with Gasteiger partial charge in [-0.15, -0.1) is 0 Å². The van der Waals surface area contributed by atoms with Crippen molar-refractivity contribution in [2.75, 3.05) is 6.54 Å². The van der Waals surface area contributed by atoms with E-state index in [4.69, 9.17) is 5.11 Å². The van der Waals surface area contributed by atoms with Gasteiger partial charge in [-0.2, -0.15) is 0 Å². The number of nitrogens with one attached hydrogen (secondary N) is 1. The molecule has 94 valence electrons. The van der Waals surface area contributed by atoms with Gasteiger partial charge in [0.2, 0.25) is 0 Å². The Kier molecular flexibility index (Phi) is 3.68. The normalized spacial score (nSPS) is 24.1. The highest BCUT2D eigenvalue weighted by atomic mass is 16.4. The van der Waals surface area contributed by atoms with Crippen LogP contribution in [0.25, 0.3) is 0 Å². The summed E-state index contributed by atoms with van der Waals surface area (Å²) in [6.45, 7) is 12.3. The molecule has 0 saturated heterocycles. The molecule has 3 nitrogen and oxygen atoms in total. The van der Waals surface area contributed by atoms with Crippen LogP contribution in [-0.2, 0) is 4.79 Å². The summed E-state index contributed by atoms with van der Waals surface area (Å²) in [7, 11) is 0. The van der Waals surface area contributed by atoms with Crippen molar-refractivity contribution in [3.8, 4) is 0 Å². The van der Waals surface area contributed by atoms with E-state index in [-0.39, 0.29) is 6.42 Å². The van der Waals surface area contributed by atoms with Crippen molar-refractivity contribution in [3.05, 3.63) is 0 Å². The van der Waals surface area contributed by atoms with Gasteiger partial charge >= 0.3 is 5.97 Å². The molecule has 16 heavy (non-hydrogen) atoms. The average Bonchev–Trinajstić information content (AvgIpc) is 2.51. The summed E-state index contributed by atoms with van der Waals surface area (Å²) in [6.07, 6.45) is 0.977. The topological polar surface area (TPSA) is 49.3 Å². The second-order valence-electron chi connectivity index (χ2n) is 6.16. The minimum absolute atomic E-state index is 0.261. The van der Waals surface area contributed by atoms with Crippen LogP contribution in [0.15, 0.2) is 0 Å². The number of hydrogen-bond donors (Lipinski definition) is 2. The maximum Gasteiger partial charge on any atom is 0.303 e. The van der Waals surface area contributed by atoms with Crippen molar-refractivity contribution in [2.24, 2.45) is 16.7 Å². The molecule has 0 bridgehead atoms. The smallest absolute Gasteiger partial charge is 0.303 e. The lowest BCUT2D eigenvalue weighted by molar-refractivity contribution is -0.137. The van der Waals surface area contributed by atoms with E-state index in [1.54, 1.807) is 0 Å². The SMILES string of the molecule is CC(NCCCC(=O)O)C1C(C)(C)C1(C)C. The Hall–Kier alpha value is -0.570. The monoisotopic (exact) mass is 227 g/mol. The van der Waals surface area contributed by atoms with Crippen molar-refractivity contribution in [1.29, 1.82) is 0 Å². The number of aliphatic carboxylic acids is 1. The van der Waals surface area contributed by atoms with E-state index in [0.29, 0.717) is 29.2 Å². The lowest BCUT2D eigenvalue weighted by atomic mass is 10.0. The molecule has 0 heterocycles. The second kappa shape index (κ2) is 4.36. The number of rotatable bonds is 6. The zero-order valence-electron chi connectivity index (χ0n) is 11.1. The van der Waals surface area contributed by atoms with E-state index in [1.165, 1.54) is 0 Å². The standard InChI is InChI=1S/C13H25NO2/c1-9(14-8-6-7-10(15)16)11-12(2,3)13(11,4)5/h9,11,14H,6-8H2,1-5H3,(H,15,16). The van der Waals surface area contributed by atoms with Gasteiger partial charge in [0.15, 0.2) is 0 Å². The number of carbonyl (C=O) groups is 1. The zero-order valence-corrected chi connectivity index (χ0v) is 11.1. The first-order valence-electron chi connectivity index (χ1n) is 6.16. The maximum absolute atomic E-state index is 10.4. The highest BCUT2D eigenvalue weighted by Gasteiger charge is 2.66. The van der Waals surface area contributed by atoms with Gasteiger partial charge in [-0.05, 0) is 36.6 Å². The fourth-order valence-electron chi connectivity index (χ4n) is 3.18. The molecule has 0 aliphatic heterocycles. The third-order valence-corrected chi connectivity index (χ3v) is 4.67. The summed E-state index contributed by atoms with van der Waals surface area (Å²) in [6, 6.07) is 0.471. The predicted octanol–water partition coefficient (Wildman–Crippen LogP) is 2.51. The van der Waals surface area contributed by atoms with Gasteiger partial charge in [-0.1, -0.05) is 27.7 Å². The van der Waals surface area contributed by atoms with Gasteiger partial charge in [0, 0.05) is 12.5 Å². The van der Waals surface area contributed by atoms with Crippen LogP contribution in [-0.4, -0.2) is 23.7 Å². The third kappa shape index (κ3) is 2.40. The first-order valence-corrected chi connectivity index (χ1v) is 6.16. The summed E-state index contributed by atoms with van der Waals surface area (Å²) in [5.41, 5.74) is 0.790. The van der Waals surface area contributed by atoms with E-state index in [9.17, 15) is 4.79 Å². The van der Waals surface area contributed by atoms with Crippen LogP contribution in [0.3, 0.4) is 0 Å². The fraction of sp³-hybridized carbons (Fsp3) is 0.923. The molecule has 1 unspecified atom stereocenters. The molecule has 0 spiro atoms. The Balaban J connectivity index is 2.28. The Morgan fingerprint density at radius 3 is 2.19 bits per heavy atom. The van der Waals surface area contributed by atoms with Crippen LogP contribution >= 0.6 is 0 Å². The number of carboxylic acids is 1. The Morgan fingerprint density at radius 2 is 1.81 bits per heavy atom. The molecular formula is C13H25NO2. The Labute approximate surface area is 98.6 Å². The molecule has 1 aliphatic carbocycles. The molecule has 0 aromatic rings. The molecule has 1 fully saturated rings. The van der Waals surface area contributed by atoms with Crippen LogP contribution in [0.2, 0.25) is 0 Å². The molecule has 1 aliphatic rings. The first kappa shape index (κ1) is 13.5. The Morgan fingerprint density at radius 1 is 1.31 bits per heavy atom. The van der Waals surface area contributed by atoms with Crippen LogP contribution in [0.1, 0.15) is 47.5 Å². The van der Waals surface area contributed by atoms with E-state index >= 15 is 0 Å². The molecular weight excluding hydrogens is 202 g/mol. The molecule has 2 N–H and O–H groups in total. The number of hydrogen-bond acceptors (Lipinski definition) is 2. The predicted molar refractivity (Wildman–Crippen MR) is 65.4 cm³/mol. The van der Waals surface area contributed by atoms with E-state index in [1.807, 2.05) is 0 Å². The van der Waals surface area contributed by atoms with Gasteiger partial charge in [-0.3, -0.25) is 4.79 Å². The Bertz CT molecular complexity index is 257. The third-order valence-electron chi connectivity index (χ3n) is 4.67. The molecule has 1 rings (SSSR count). The van der Waals surface area contributed by atoms with E-state index in [2.05, 4.69) is 39.9 Å². The van der Waals surface area contributed by atoms with Crippen molar-refractivity contribution in [1.82, 2.24) is 5.32 Å². The number of carboxylic acid groups (broad SMARTS) is 1. The molecule has 3 heteroatoms. The highest BCUT2D eigenvalue weighted by molar-refractivity contribution is 5.66. The van der Waals surface area contributed by atoms with Crippen molar-refractivity contribution in [3.63, 3.8) is 0 Å². The molecule has 1 atom stereocenters. The van der Waals surface area contributed by atoms with Crippen molar-refractivity contribution < 1.29 is 9.90 Å². The lowest BCUT2D eigenvalue weighted by Gasteiger charge is -2.15. The largest absolute Gasteiger partial charge is 0.481 e. The van der Waals surface area contributed by atoms with Crippen molar-refractivity contribution >= 4 is 5.97 Å². The first-order chi connectivity index (χ1) is 7.21. The fourth-order valence-corrected chi connectivity index (χ4v) is 3.18. The summed E-state index contributed by atoms with van der Waals surface area (Å²) in [5.74, 6) is -0.0219. The highest BCUT2D eigenvalue weighted by Crippen LogP contribution is 2.69. The van der Waals surface area contributed by atoms with Gasteiger partial charge < -0.3 is 10.4 Å². The van der Waals surface area contributed by atoms with Crippen LogP contribution in [0.5, 0.6) is 0 Å². The second-order valence-corrected chi connectivity index (χ2v) is 6.16. The molecule has 0 amide bonds. The van der Waals surface area contributed by atoms with Crippen LogP contribution < -0.4 is 5.32 Å². The van der Waals surface area contributed by atoms with Crippen LogP contribution in [0, 0.1) is 16.7 Å². The summed E-state index contributed by atoms with van der Waals surface area (Å²) >= 11 is 0. The maximum atomic E-state index is 10.4. The van der Waals surface area contributed by atoms with Gasteiger partial charge in [0.1, 0.15) is 0 Å². The van der Waals surface area contributed by atoms with E-state index < -0.39 is 5.97 Å². The lowest BCUT2D eigenvalue weighted by Crippen LogP contribution is -2.31. The molecule has 0 aromatic carbocycles. The zero-order chi connectivity index (χ0) is 12.6. The molecule has 0 radical (unpaired) electrons. The quantitative estimate of drug-likeness (QED) is 0.685. The minimum atomic E-state index is -0.707. The van der Waals surface area contributed by atoms with E-state index in [0.717, 1.165) is 6.54 Å². The molecule has 1 saturated carbocycles. The van der Waals surface area contributed by atoms with Crippen molar-refractivity contribution in [2.45, 2.75) is 53.5 Å². The van der Waals surface area contributed by atoms with Gasteiger partial charge in [0.25, 0.3) is 0 Å². The summed E-state index contributed by atoms with van der Waals surface area (Å²) in [5, 5.41) is 12.0.